The van der Waals surface area contributed by atoms with Crippen molar-refractivity contribution in [3.8, 4) is 0 Å². The maximum absolute atomic E-state index is 12.4. The molecule has 1 aliphatic carbocycles. The van der Waals surface area contributed by atoms with Crippen LogP contribution in [-0.2, 0) is 23.7 Å². The minimum atomic E-state index is -1.55. The Bertz CT molecular complexity index is 763. The Morgan fingerprint density at radius 2 is 1.78 bits per heavy atom. The lowest BCUT2D eigenvalue weighted by Gasteiger charge is -2.46. The minimum Gasteiger partial charge on any atom is -0.467 e. The van der Waals surface area contributed by atoms with Crippen molar-refractivity contribution in [1.29, 1.82) is 0 Å². The molecular weight excluding hydrogens is 482 g/mol. The number of amides is 1. The molecule has 1 saturated heterocycles. The summed E-state index contributed by atoms with van der Waals surface area (Å²) in [6, 6.07) is -2.39. The van der Waals surface area contributed by atoms with Gasteiger partial charge in [-0.2, -0.15) is 0 Å². The fourth-order valence-electron chi connectivity index (χ4n) is 4.49. The van der Waals surface area contributed by atoms with E-state index in [0.717, 1.165) is 0 Å². The van der Waals surface area contributed by atoms with Crippen LogP contribution in [0.3, 0.4) is 0 Å². The van der Waals surface area contributed by atoms with Gasteiger partial charge in [0.15, 0.2) is 6.29 Å². The van der Waals surface area contributed by atoms with Gasteiger partial charge in [-0.1, -0.05) is 0 Å². The van der Waals surface area contributed by atoms with Crippen molar-refractivity contribution in [2.45, 2.75) is 92.7 Å². The average molecular weight is 522 g/mol. The molecule has 208 valence electrons. The van der Waals surface area contributed by atoms with Crippen LogP contribution in [0.2, 0.25) is 0 Å². The number of carbonyl (C=O) groups is 1. The van der Waals surface area contributed by atoms with E-state index in [1.165, 1.54) is 0 Å². The number of nitrogens with two attached hydrogens (primary N) is 4. The first kappa shape index (κ1) is 29.1. The summed E-state index contributed by atoms with van der Waals surface area (Å²) in [7, 11) is 0. The Hall–Kier alpha value is -1.47. The van der Waals surface area contributed by atoms with E-state index in [1.807, 2.05) is 0 Å². The highest BCUT2D eigenvalue weighted by atomic mass is 16.7. The van der Waals surface area contributed by atoms with Crippen LogP contribution in [0.25, 0.3) is 0 Å². The first-order valence-corrected chi connectivity index (χ1v) is 12.0. The smallest absolute Gasteiger partial charge is 0.249 e. The largest absolute Gasteiger partial charge is 0.467 e. The first-order chi connectivity index (χ1) is 17.1. The maximum Gasteiger partial charge on any atom is 0.249 e. The SMILES string of the molecule is NCC[C@H](O)C(=O)N[C@@H]1C[C@H](N)[C@@H](O[C@H]2OC(CN)=CC[C@H]2N)[C@H](O[C@@H]2O[C@H](CO)[C@@H](O)[C@H]2O)[C@H]1O. The minimum absolute atomic E-state index is 0.0167. The van der Waals surface area contributed by atoms with Gasteiger partial charge >= 0.3 is 0 Å². The second-order valence-corrected chi connectivity index (χ2v) is 9.27. The van der Waals surface area contributed by atoms with E-state index in [4.69, 9.17) is 41.9 Å². The van der Waals surface area contributed by atoms with Crippen molar-refractivity contribution >= 4 is 5.91 Å². The van der Waals surface area contributed by atoms with E-state index in [9.17, 15) is 30.3 Å². The van der Waals surface area contributed by atoms with Crippen LogP contribution in [-0.4, -0.2) is 125 Å². The quantitative estimate of drug-likeness (QED) is 0.128. The summed E-state index contributed by atoms with van der Waals surface area (Å²) in [6.07, 6.45) is -9.54. The molecule has 36 heavy (non-hydrogen) atoms. The zero-order chi connectivity index (χ0) is 26.6. The lowest BCUT2D eigenvalue weighted by Crippen LogP contribution is -2.67. The molecule has 0 aromatic carbocycles. The summed E-state index contributed by atoms with van der Waals surface area (Å²) in [6.45, 7) is -0.385. The lowest BCUT2D eigenvalue weighted by atomic mass is 9.83. The highest BCUT2D eigenvalue weighted by Gasteiger charge is 2.51. The van der Waals surface area contributed by atoms with Gasteiger partial charge in [-0.15, -0.1) is 0 Å². The normalized spacial score (nSPS) is 41.9. The standard InChI is InChI=1S/C21H39N5O10/c22-4-3-12(28)19(32)26-11-5-10(25)17(35-20-9(24)2-1-8(6-23)33-20)18(14(11)29)36-21-16(31)15(30)13(7-27)34-21/h1,9-18,20-21,27-31H,2-7,22-25H2,(H,26,32)/t9-,10+,11-,12+,13-,14+,15-,16-,17-,18-,20-,21+/m1/s1. The maximum atomic E-state index is 12.4. The van der Waals surface area contributed by atoms with E-state index >= 15 is 0 Å². The topological polar surface area (TPSA) is 271 Å². The number of aliphatic hydroxyl groups is 5. The van der Waals surface area contributed by atoms with E-state index < -0.39 is 85.9 Å². The molecule has 0 aromatic rings. The molecule has 15 nitrogen and oxygen atoms in total. The number of carbonyl (C=O) groups excluding carboxylic acids is 1. The van der Waals surface area contributed by atoms with Crippen molar-refractivity contribution in [2.24, 2.45) is 22.9 Å². The predicted molar refractivity (Wildman–Crippen MR) is 122 cm³/mol. The van der Waals surface area contributed by atoms with Gasteiger partial charge in [-0.3, -0.25) is 4.79 Å². The number of hydrogen-bond donors (Lipinski definition) is 10. The van der Waals surface area contributed by atoms with Gasteiger partial charge in [0.05, 0.1) is 25.2 Å². The molecule has 2 aliphatic heterocycles. The summed E-state index contributed by atoms with van der Waals surface area (Å²) in [5.41, 5.74) is 23.6. The van der Waals surface area contributed by atoms with Gasteiger partial charge in [0.1, 0.15) is 48.5 Å². The Kier molecular flexibility index (Phi) is 10.4. The highest BCUT2D eigenvalue weighted by Crippen LogP contribution is 2.32. The molecule has 1 saturated carbocycles. The lowest BCUT2D eigenvalue weighted by molar-refractivity contribution is -0.274. The van der Waals surface area contributed by atoms with Crippen LogP contribution in [0, 0.1) is 0 Å². The monoisotopic (exact) mass is 521 g/mol. The number of rotatable bonds is 10. The Labute approximate surface area is 208 Å². The van der Waals surface area contributed by atoms with E-state index in [1.54, 1.807) is 6.08 Å². The molecule has 1 amide bonds. The molecule has 15 heteroatoms. The van der Waals surface area contributed by atoms with Crippen LogP contribution in [0.1, 0.15) is 19.3 Å². The molecule has 0 spiro atoms. The predicted octanol–water partition coefficient (Wildman–Crippen LogP) is -5.60. The van der Waals surface area contributed by atoms with Gasteiger partial charge in [0.25, 0.3) is 0 Å². The molecule has 12 atom stereocenters. The van der Waals surface area contributed by atoms with E-state index in [2.05, 4.69) is 5.32 Å². The van der Waals surface area contributed by atoms with Crippen LogP contribution >= 0.6 is 0 Å². The van der Waals surface area contributed by atoms with Crippen LogP contribution in [0.15, 0.2) is 11.8 Å². The van der Waals surface area contributed by atoms with E-state index in [0.29, 0.717) is 12.2 Å². The van der Waals surface area contributed by atoms with Crippen molar-refractivity contribution < 1.29 is 49.3 Å². The molecule has 0 aromatic heterocycles. The molecule has 0 bridgehead atoms. The molecular formula is C21H39N5O10. The summed E-state index contributed by atoms with van der Waals surface area (Å²) in [5.74, 6) is -0.287. The van der Waals surface area contributed by atoms with Crippen molar-refractivity contribution in [1.82, 2.24) is 5.32 Å². The van der Waals surface area contributed by atoms with Crippen LogP contribution in [0.4, 0.5) is 0 Å². The summed E-state index contributed by atoms with van der Waals surface area (Å²) >= 11 is 0. The third-order valence-electron chi connectivity index (χ3n) is 6.61. The number of nitrogens with one attached hydrogen (secondary N) is 1. The van der Waals surface area contributed by atoms with E-state index in [-0.39, 0.29) is 25.9 Å². The van der Waals surface area contributed by atoms with Crippen LogP contribution in [0.5, 0.6) is 0 Å². The second kappa shape index (κ2) is 12.9. The summed E-state index contributed by atoms with van der Waals surface area (Å²) in [4.78, 5) is 12.4. The Morgan fingerprint density at radius 3 is 2.39 bits per heavy atom. The number of aliphatic hydroxyl groups excluding tert-OH is 5. The van der Waals surface area contributed by atoms with Crippen molar-refractivity contribution in [3.05, 3.63) is 11.8 Å². The Balaban J connectivity index is 1.81. The zero-order valence-corrected chi connectivity index (χ0v) is 19.8. The molecule has 3 aliphatic rings. The van der Waals surface area contributed by atoms with Gasteiger partial charge < -0.3 is 72.7 Å². The van der Waals surface area contributed by atoms with Gasteiger partial charge in [0, 0.05) is 6.04 Å². The molecule has 0 radical (unpaired) electrons. The number of ether oxygens (including phenoxy) is 4. The summed E-state index contributed by atoms with van der Waals surface area (Å²) in [5, 5.41) is 53.5. The van der Waals surface area contributed by atoms with Crippen molar-refractivity contribution in [3.63, 3.8) is 0 Å². The first-order valence-electron chi connectivity index (χ1n) is 12.0. The fourth-order valence-corrected chi connectivity index (χ4v) is 4.49. The third-order valence-corrected chi connectivity index (χ3v) is 6.61. The van der Waals surface area contributed by atoms with Gasteiger partial charge in [0.2, 0.25) is 12.2 Å². The molecule has 3 rings (SSSR count). The van der Waals surface area contributed by atoms with Crippen LogP contribution < -0.4 is 28.3 Å². The second-order valence-electron chi connectivity index (χ2n) is 9.27. The van der Waals surface area contributed by atoms with Crippen molar-refractivity contribution in [2.75, 3.05) is 19.7 Å². The molecule has 0 unspecified atom stereocenters. The van der Waals surface area contributed by atoms with Gasteiger partial charge in [-0.25, -0.2) is 0 Å². The summed E-state index contributed by atoms with van der Waals surface area (Å²) < 4.78 is 23.0. The van der Waals surface area contributed by atoms with Gasteiger partial charge in [-0.05, 0) is 31.9 Å². The zero-order valence-electron chi connectivity index (χ0n) is 19.8. The number of hydrogen-bond acceptors (Lipinski definition) is 14. The third kappa shape index (κ3) is 6.50. The fraction of sp³-hybridized carbons (Fsp3) is 0.857. The Morgan fingerprint density at radius 1 is 1.08 bits per heavy atom. The average Bonchev–Trinajstić information content (AvgIpc) is 3.13. The molecule has 2 fully saturated rings. The molecule has 2 heterocycles. The highest BCUT2D eigenvalue weighted by molar-refractivity contribution is 5.80. The molecule has 14 N–H and O–H groups in total.